The minimum absolute atomic E-state index is 0.0153. The molecule has 4 rings (SSSR count). The second-order valence-electron chi connectivity index (χ2n) is 7.92. The van der Waals surface area contributed by atoms with Gasteiger partial charge in [0.05, 0.1) is 5.41 Å². The van der Waals surface area contributed by atoms with E-state index in [-0.39, 0.29) is 16.7 Å². The Bertz CT molecular complexity index is 760. The summed E-state index contributed by atoms with van der Waals surface area (Å²) in [5.41, 5.74) is 2.03. The highest BCUT2D eigenvalue weighted by atomic mass is 16.2. The molecule has 0 bridgehead atoms. The van der Waals surface area contributed by atoms with Gasteiger partial charge in [0.15, 0.2) is 0 Å². The van der Waals surface area contributed by atoms with Crippen molar-refractivity contribution in [3.8, 4) is 0 Å². The van der Waals surface area contributed by atoms with Crippen LogP contribution in [0, 0.1) is 12.3 Å². The van der Waals surface area contributed by atoms with Gasteiger partial charge in [-0.3, -0.25) is 4.79 Å². The maximum atomic E-state index is 13.4. The maximum Gasteiger partial charge on any atom is 0.233 e. The first kappa shape index (κ1) is 16.1. The third-order valence-corrected chi connectivity index (χ3v) is 5.92. The minimum Gasteiger partial charge on any atom is -0.338 e. The molecule has 0 unspecified atom stereocenters. The van der Waals surface area contributed by atoms with E-state index >= 15 is 0 Å². The summed E-state index contributed by atoms with van der Waals surface area (Å²) < 4.78 is 0. The Balaban J connectivity index is 1.52. The number of aryl methyl sites for hydroxylation is 1. The summed E-state index contributed by atoms with van der Waals surface area (Å²) in [5, 5.41) is 6.81. The lowest BCUT2D eigenvalue weighted by molar-refractivity contribution is -0.135. The Labute approximate surface area is 148 Å². The fourth-order valence-corrected chi connectivity index (χ4v) is 4.18. The quantitative estimate of drug-likeness (QED) is 0.930. The summed E-state index contributed by atoms with van der Waals surface area (Å²) in [5.74, 6) is 1.06. The Hall–Kier alpha value is -2.37. The third-order valence-electron chi connectivity index (χ3n) is 5.92. The lowest BCUT2D eigenvalue weighted by Crippen LogP contribution is -2.52. The molecule has 6 heteroatoms. The van der Waals surface area contributed by atoms with E-state index in [4.69, 9.17) is 0 Å². The number of anilines is 1. The molecule has 2 fully saturated rings. The summed E-state index contributed by atoms with van der Waals surface area (Å²) in [4.78, 5) is 21.8. The zero-order chi connectivity index (χ0) is 17.7. The average molecular weight is 339 g/mol. The summed E-state index contributed by atoms with van der Waals surface area (Å²) in [6, 6.07) is 8.49. The average Bonchev–Trinajstić information content (AvgIpc) is 2.98. The maximum absolute atomic E-state index is 13.4. The largest absolute Gasteiger partial charge is 0.338 e. The molecule has 2 heterocycles. The van der Waals surface area contributed by atoms with Gasteiger partial charge in [-0.05, 0) is 24.3 Å². The number of hydrogen-bond acceptors (Lipinski definition) is 4. The fraction of sp³-hybridized carbons (Fsp3) is 0.526. The molecule has 1 saturated heterocycles. The Morgan fingerprint density at radius 2 is 1.76 bits per heavy atom. The molecule has 1 amide bonds. The first-order valence-electron chi connectivity index (χ1n) is 8.91. The van der Waals surface area contributed by atoms with Crippen molar-refractivity contribution < 1.29 is 4.79 Å². The molecule has 1 saturated carbocycles. The molecule has 1 aliphatic heterocycles. The van der Waals surface area contributed by atoms with E-state index in [9.17, 15) is 4.79 Å². The lowest BCUT2D eigenvalue weighted by Gasteiger charge is -2.37. The van der Waals surface area contributed by atoms with Crippen LogP contribution in [-0.4, -0.2) is 52.2 Å². The predicted molar refractivity (Wildman–Crippen MR) is 96.4 cm³/mol. The van der Waals surface area contributed by atoms with Crippen molar-refractivity contribution in [3.05, 3.63) is 41.7 Å². The highest BCUT2D eigenvalue weighted by molar-refractivity contribution is 5.93. The first-order chi connectivity index (χ1) is 11.9. The van der Waals surface area contributed by atoms with Crippen LogP contribution < -0.4 is 4.90 Å². The predicted octanol–water partition coefficient (Wildman–Crippen LogP) is 2.13. The second-order valence-corrected chi connectivity index (χ2v) is 7.92. The van der Waals surface area contributed by atoms with Crippen LogP contribution >= 0.6 is 0 Å². The summed E-state index contributed by atoms with van der Waals surface area (Å²) in [6.07, 6.45) is 2.44. The van der Waals surface area contributed by atoms with E-state index in [1.807, 2.05) is 4.90 Å². The first-order valence-corrected chi connectivity index (χ1v) is 8.91. The summed E-state index contributed by atoms with van der Waals surface area (Å²) >= 11 is 0. The molecular formula is C19H25N5O. The normalized spacial score (nSPS) is 25.1. The van der Waals surface area contributed by atoms with Gasteiger partial charge in [0.1, 0.15) is 6.33 Å². The summed E-state index contributed by atoms with van der Waals surface area (Å²) in [6.45, 7) is 9.51. The minimum atomic E-state index is -0.366. The standard InChI is InChI=1S/C19H25N5O/c1-14-4-6-15(7-5-14)19(12-18(19,2)3)16(25)23-8-10-24(11-9-23)17-20-13-21-22-17/h4-7,13H,8-12H2,1-3H3,(H,20,21,22)/t19-/m0/s1. The number of rotatable bonds is 3. The molecule has 2 aromatic rings. The molecule has 2 aliphatic rings. The van der Waals surface area contributed by atoms with Crippen LogP contribution in [-0.2, 0) is 10.2 Å². The molecule has 132 valence electrons. The van der Waals surface area contributed by atoms with Crippen molar-refractivity contribution in [2.24, 2.45) is 5.41 Å². The van der Waals surface area contributed by atoms with Gasteiger partial charge < -0.3 is 9.80 Å². The molecule has 0 spiro atoms. The van der Waals surface area contributed by atoms with Crippen LogP contribution in [0.2, 0.25) is 0 Å². The van der Waals surface area contributed by atoms with Crippen LogP contribution in [0.25, 0.3) is 0 Å². The number of aromatic amines is 1. The van der Waals surface area contributed by atoms with E-state index in [1.54, 1.807) is 0 Å². The molecule has 1 atom stereocenters. The fourth-order valence-electron chi connectivity index (χ4n) is 4.18. The number of amides is 1. The second kappa shape index (κ2) is 5.58. The number of hydrogen-bond donors (Lipinski definition) is 1. The molecule has 1 aliphatic carbocycles. The number of piperazine rings is 1. The van der Waals surface area contributed by atoms with Crippen molar-refractivity contribution in [1.82, 2.24) is 20.1 Å². The van der Waals surface area contributed by atoms with Crippen molar-refractivity contribution in [2.75, 3.05) is 31.1 Å². The number of benzene rings is 1. The van der Waals surface area contributed by atoms with Gasteiger partial charge in [-0.15, -0.1) is 0 Å². The number of nitrogens with one attached hydrogen (secondary N) is 1. The molecule has 1 aromatic carbocycles. The van der Waals surface area contributed by atoms with E-state index in [0.717, 1.165) is 44.1 Å². The number of carbonyl (C=O) groups excluding carboxylic acids is 1. The third kappa shape index (κ3) is 2.51. The van der Waals surface area contributed by atoms with Crippen LogP contribution in [0.3, 0.4) is 0 Å². The molecule has 0 radical (unpaired) electrons. The van der Waals surface area contributed by atoms with Crippen LogP contribution in [0.1, 0.15) is 31.4 Å². The van der Waals surface area contributed by atoms with Gasteiger partial charge in [-0.1, -0.05) is 43.7 Å². The summed E-state index contributed by atoms with van der Waals surface area (Å²) in [7, 11) is 0. The smallest absolute Gasteiger partial charge is 0.233 e. The van der Waals surface area contributed by atoms with Gasteiger partial charge in [-0.2, -0.15) is 10.1 Å². The van der Waals surface area contributed by atoms with Gasteiger partial charge in [0.25, 0.3) is 0 Å². The zero-order valence-corrected chi connectivity index (χ0v) is 15.1. The Kier molecular flexibility index (Phi) is 3.60. The lowest BCUT2D eigenvalue weighted by atomic mass is 9.86. The van der Waals surface area contributed by atoms with Crippen LogP contribution in [0.4, 0.5) is 5.95 Å². The molecular weight excluding hydrogens is 314 g/mol. The van der Waals surface area contributed by atoms with Gasteiger partial charge in [0, 0.05) is 26.2 Å². The topological polar surface area (TPSA) is 65.1 Å². The molecule has 6 nitrogen and oxygen atoms in total. The number of carbonyl (C=O) groups is 1. The van der Waals surface area contributed by atoms with Crippen molar-refractivity contribution in [3.63, 3.8) is 0 Å². The Morgan fingerprint density at radius 3 is 2.28 bits per heavy atom. The van der Waals surface area contributed by atoms with Crippen LogP contribution in [0.15, 0.2) is 30.6 Å². The number of aromatic nitrogens is 3. The Morgan fingerprint density at radius 1 is 1.12 bits per heavy atom. The number of H-pyrrole nitrogens is 1. The SMILES string of the molecule is Cc1ccc([C@]2(C(=O)N3CCN(c4ncn[nH]4)CC3)CC2(C)C)cc1. The molecule has 25 heavy (non-hydrogen) atoms. The van der Waals surface area contributed by atoms with Crippen molar-refractivity contribution in [2.45, 2.75) is 32.6 Å². The monoisotopic (exact) mass is 339 g/mol. The van der Waals surface area contributed by atoms with E-state index in [0.29, 0.717) is 0 Å². The van der Waals surface area contributed by atoms with Crippen molar-refractivity contribution in [1.29, 1.82) is 0 Å². The van der Waals surface area contributed by atoms with E-state index in [2.05, 4.69) is 65.1 Å². The van der Waals surface area contributed by atoms with Gasteiger partial charge in [-0.25, -0.2) is 5.10 Å². The van der Waals surface area contributed by atoms with E-state index in [1.165, 1.54) is 11.9 Å². The van der Waals surface area contributed by atoms with Crippen molar-refractivity contribution >= 4 is 11.9 Å². The zero-order valence-electron chi connectivity index (χ0n) is 15.1. The highest BCUT2D eigenvalue weighted by Gasteiger charge is 2.68. The van der Waals surface area contributed by atoms with E-state index < -0.39 is 0 Å². The number of nitrogens with zero attached hydrogens (tertiary/aromatic N) is 4. The molecule has 1 N–H and O–H groups in total. The molecule has 1 aromatic heterocycles. The highest BCUT2D eigenvalue weighted by Crippen LogP contribution is 2.65. The van der Waals surface area contributed by atoms with Gasteiger partial charge in [0.2, 0.25) is 11.9 Å². The van der Waals surface area contributed by atoms with Gasteiger partial charge >= 0.3 is 0 Å². The van der Waals surface area contributed by atoms with Crippen LogP contribution in [0.5, 0.6) is 0 Å².